The lowest BCUT2D eigenvalue weighted by atomic mass is 9.71. The summed E-state index contributed by atoms with van der Waals surface area (Å²) in [4.78, 5) is 9.84. The van der Waals surface area contributed by atoms with Gasteiger partial charge in [0.15, 0.2) is 0 Å². The zero-order valence-electron chi connectivity index (χ0n) is 10.9. The third-order valence-electron chi connectivity index (χ3n) is 4.73. The Morgan fingerprint density at radius 3 is 2.19 bits per heavy atom. The van der Waals surface area contributed by atoms with Crippen molar-refractivity contribution >= 4 is 5.97 Å². The van der Waals surface area contributed by atoms with Crippen molar-refractivity contribution < 1.29 is 9.53 Å². The summed E-state index contributed by atoms with van der Waals surface area (Å²) in [5.74, 6) is 0.604. The summed E-state index contributed by atoms with van der Waals surface area (Å²) in [5.41, 5.74) is 1.19. The summed E-state index contributed by atoms with van der Waals surface area (Å²) in [6.07, 6.45) is 7.95. The van der Waals surface area contributed by atoms with Crippen molar-refractivity contribution in [2.24, 2.45) is 16.7 Å². The van der Waals surface area contributed by atoms with Crippen molar-refractivity contribution in [1.29, 1.82) is 0 Å². The molecular formula is C14H23O2. The number of carbonyl (C=O) groups excluding carboxylic acids is 1. The topological polar surface area (TPSA) is 26.3 Å². The standard InChI is InChI=1S/C10H17.C4H6O2/c1-9(2)8-4-6-10(9,3)7-5-8;1-3-4(5)6-2/h6,8H,4-5,7H2,1-3H3;3H,1H2,2H3/t8-,10-;/m0./s1. The van der Waals surface area contributed by atoms with Crippen molar-refractivity contribution in [2.45, 2.75) is 40.0 Å². The molecule has 16 heavy (non-hydrogen) atoms. The van der Waals surface area contributed by atoms with Gasteiger partial charge in [-0.1, -0.05) is 27.4 Å². The van der Waals surface area contributed by atoms with E-state index in [1.165, 1.54) is 26.4 Å². The van der Waals surface area contributed by atoms with Crippen molar-refractivity contribution in [2.75, 3.05) is 7.11 Å². The van der Waals surface area contributed by atoms with Gasteiger partial charge in [0.05, 0.1) is 7.11 Å². The van der Waals surface area contributed by atoms with E-state index in [4.69, 9.17) is 0 Å². The number of fused-ring (bicyclic) bond motifs is 2. The van der Waals surface area contributed by atoms with Gasteiger partial charge in [0.1, 0.15) is 0 Å². The average molecular weight is 223 g/mol. The fraction of sp³-hybridized carbons (Fsp3) is 0.714. The first kappa shape index (κ1) is 13.3. The Hall–Kier alpha value is -0.790. The van der Waals surface area contributed by atoms with Gasteiger partial charge in [-0.3, -0.25) is 0 Å². The van der Waals surface area contributed by atoms with Crippen molar-refractivity contribution in [3.05, 3.63) is 19.1 Å². The maximum absolute atomic E-state index is 9.84. The van der Waals surface area contributed by atoms with Crippen LogP contribution in [0, 0.1) is 23.2 Å². The van der Waals surface area contributed by atoms with Crippen LogP contribution in [0.4, 0.5) is 0 Å². The van der Waals surface area contributed by atoms with E-state index in [1.807, 2.05) is 0 Å². The highest BCUT2D eigenvalue weighted by atomic mass is 16.5. The molecule has 2 nitrogen and oxygen atoms in total. The van der Waals surface area contributed by atoms with Gasteiger partial charge in [-0.2, -0.15) is 0 Å². The van der Waals surface area contributed by atoms with E-state index in [0.717, 1.165) is 12.0 Å². The van der Waals surface area contributed by atoms with Gasteiger partial charge < -0.3 is 4.74 Å². The number of methoxy groups -OCH3 is 1. The summed E-state index contributed by atoms with van der Waals surface area (Å²) < 4.78 is 4.14. The lowest BCUT2D eigenvalue weighted by molar-refractivity contribution is -0.134. The molecular weight excluding hydrogens is 200 g/mol. The maximum Gasteiger partial charge on any atom is 0.329 e. The minimum absolute atomic E-state index is 0.394. The quantitative estimate of drug-likeness (QED) is 0.503. The van der Waals surface area contributed by atoms with Crippen LogP contribution < -0.4 is 0 Å². The van der Waals surface area contributed by atoms with Gasteiger partial charge >= 0.3 is 5.97 Å². The zero-order valence-corrected chi connectivity index (χ0v) is 10.9. The zero-order chi connectivity index (χ0) is 12.4. The minimum Gasteiger partial charge on any atom is -0.466 e. The van der Waals surface area contributed by atoms with Crippen molar-refractivity contribution in [3.8, 4) is 0 Å². The maximum atomic E-state index is 9.84. The molecule has 0 aromatic heterocycles. The molecule has 2 aliphatic rings. The number of hydrogen-bond donors (Lipinski definition) is 0. The third kappa shape index (κ3) is 2.16. The van der Waals surface area contributed by atoms with Crippen LogP contribution >= 0.6 is 0 Å². The van der Waals surface area contributed by atoms with Crippen LogP contribution in [-0.4, -0.2) is 13.1 Å². The second-order valence-corrected chi connectivity index (χ2v) is 5.54. The highest BCUT2D eigenvalue weighted by molar-refractivity contribution is 5.80. The summed E-state index contributed by atoms with van der Waals surface area (Å²) in [6, 6.07) is 0. The van der Waals surface area contributed by atoms with Crippen LogP contribution in [0.3, 0.4) is 0 Å². The summed E-state index contributed by atoms with van der Waals surface area (Å²) in [7, 11) is 1.31. The monoisotopic (exact) mass is 223 g/mol. The predicted molar refractivity (Wildman–Crippen MR) is 65.7 cm³/mol. The number of ether oxygens (including phenoxy) is 1. The second-order valence-electron chi connectivity index (χ2n) is 5.54. The third-order valence-corrected chi connectivity index (χ3v) is 4.73. The predicted octanol–water partition coefficient (Wildman–Crippen LogP) is 3.38. The first-order valence-corrected chi connectivity index (χ1v) is 5.92. The molecule has 0 aromatic carbocycles. The average Bonchev–Trinajstić information content (AvgIpc) is 2.62. The molecule has 2 aliphatic carbocycles. The van der Waals surface area contributed by atoms with E-state index < -0.39 is 5.97 Å². The Morgan fingerprint density at radius 2 is 2.12 bits per heavy atom. The SMILES string of the molecule is C=CC(=O)OC.CC1(C)[C@H]2C[CH][C@@]1(C)CC2. The molecule has 2 bridgehead atoms. The Morgan fingerprint density at radius 1 is 1.50 bits per heavy atom. The van der Waals surface area contributed by atoms with E-state index in [9.17, 15) is 4.79 Å². The van der Waals surface area contributed by atoms with Crippen LogP contribution in [0.1, 0.15) is 40.0 Å². The Balaban J connectivity index is 0.000000187. The molecule has 2 heteroatoms. The minimum atomic E-state index is -0.394. The fourth-order valence-electron chi connectivity index (χ4n) is 2.89. The number of esters is 1. The molecule has 2 fully saturated rings. The highest BCUT2D eigenvalue weighted by Crippen LogP contribution is 2.64. The van der Waals surface area contributed by atoms with Crippen LogP contribution in [0.5, 0.6) is 0 Å². The lowest BCUT2D eigenvalue weighted by Gasteiger charge is -2.34. The number of hydrogen-bond acceptors (Lipinski definition) is 2. The molecule has 0 amide bonds. The van der Waals surface area contributed by atoms with Crippen LogP contribution in [0.15, 0.2) is 12.7 Å². The molecule has 0 saturated heterocycles. The molecule has 2 atom stereocenters. The molecule has 0 unspecified atom stereocenters. The Bertz CT molecular complexity index is 268. The first-order valence-electron chi connectivity index (χ1n) is 5.92. The molecule has 2 saturated carbocycles. The van der Waals surface area contributed by atoms with Crippen LogP contribution in [0.2, 0.25) is 0 Å². The normalized spacial score (nSPS) is 33.9. The fourth-order valence-corrected chi connectivity index (χ4v) is 2.89. The first-order chi connectivity index (χ1) is 7.37. The van der Waals surface area contributed by atoms with Gasteiger partial charge in [0, 0.05) is 6.08 Å². The van der Waals surface area contributed by atoms with Crippen LogP contribution in [-0.2, 0) is 9.53 Å². The second kappa shape index (κ2) is 4.60. The lowest BCUT2D eigenvalue weighted by Crippen LogP contribution is -2.26. The smallest absolute Gasteiger partial charge is 0.329 e. The summed E-state index contributed by atoms with van der Waals surface area (Å²) in [5, 5.41) is 0. The van der Waals surface area contributed by atoms with Gasteiger partial charge in [0.25, 0.3) is 0 Å². The molecule has 2 rings (SSSR count). The Kier molecular flexibility index (Phi) is 3.82. The summed E-state index contributed by atoms with van der Waals surface area (Å²) in [6.45, 7) is 10.5. The van der Waals surface area contributed by atoms with Crippen molar-refractivity contribution in [1.82, 2.24) is 0 Å². The van der Waals surface area contributed by atoms with E-state index in [2.05, 4.69) is 38.5 Å². The van der Waals surface area contributed by atoms with Gasteiger partial charge in [-0.25, -0.2) is 4.79 Å². The number of rotatable bonds is 1. The Labute approximate surface area is 99.1 Å². The molecule has 0 aromatic rings. The molecule has 0 N–H and O–H groups in total. The molecule has 0 aliphatic heterocycles. The van der Waals surface area contributed by atoms with Gasteiger partial charge in [-0.15, -0.1) is 0 Å². The van der Waals surface area contributed by atoms with Gasteiger partial charge in [-0.05, 0) is 42.4 Å². The molecule has 91 valence electrons. The van der Waals surface area contributed by atoms with Gasteiger partial charge in [0.2, 0.25) is 0 Å². The molecule has 0 spiro atoms. The highest BCUT2D eigenvalue weighted by Gasteiger charge is 2.55. The van der Waals surface area contributed by atoms with Crippen molar-refractivity contribution in [3.63, 3.8) is 0 Å². The molecule has 1 radical (unpaired) electrons. The number of carbonyl (C=O) groups is 1. The van der Waals surface area contributed by atoms with E-state index in [-0.39, 0.29) is 0 Å². The van der Waals surface area contributed by atoms with Crippen LogP contribution in [0.25, 0.3) is 0 Å². The largest absolute Gasteiger partial charge is 0.466 e. The van der Waals surface area contributed by atoms with E-state index in [1.54, 1.807) is 0 Å². The molecule has 0 heterocycles. The van der Waals surface area contributed by atoms with E-state index in [0.29, 0.717) is 10.8 Å². The van der Waals surface area contributed by atoms with E-state index >= 15 is 0 Å². The summed E-state index contributed by atoms with van der Waals surface area (Å²) >= 11 is 0.